The first kappa shape index (κ1) is 22.7. The van der Waals surface area contributed by atoms with Gasteiger partial charge in [-0.05, 0) is 56.7 Å². The molecule has 1 fully saturated rings. The van der Waals surface area contributed by atoms with E-state index in [1.807, 2.05) is 38.1 Å². The minimum atomic E-state index is -1.15. The van der Waals surface area contributed by atoms with Crippen LogP contribution in [0.5, 0.6) is 0 Å². The Balaban J connectivity index is 1.66. The lowest BCUT2D eigenvalue weighted by Gasteiger charge is -2.23. The summed E-state index contributed by atoms with van der Waals surface area (Å²) in [6.45, 7) is 5.85. The molecule has 0 radical (unpaired) electrons. The number of nitrogens with zero attached hydrogens (tertiary/aromatic N) is 5. The first-order chi connectivity index (χ1) is 16.7. The van der Waals surface area contributed by atoms with Crippen molar-refractivity contribution in [3.8, 4) is 28.5 Å². The SMILES string of the molecule is Cc1cc(-c2c(-c3cccc(C#N)c3)nn3ccc(C(=O)N[C@@H]4COC[C@@]4(C)O)nc23)cc(C)n1. The minimum Gasteiger partial charge on any atom is -0.386 e. The highest BCUT2D eigenvalue weighted by atomic mass is 16.5. The smallest absolute Gasteiger partial charge is 0.270 e. The zero-order valence-corrected chi connectivity index (χ0v) is 19.6. The average molecular weight is 469 g/mol. The van der Waals surface area contributed by atoms with Crippen molar-refractivity contribution in [3.63, 3.8) is 0 Å². The number of aryl methyl sites for hydroxylation is 2. The fourth-order valence-corrected chi connectivity index (χ4v) is 4.33. The summed E-state index contributed by atoms with van der Waals surface area (Å²) in [5, 5.41) is 27.4. The number of carbonyl (C=O) groups excluding carboxylic acids is 1. The van der Waals surface area contributed by atoms with E-state index in [2.05, 4.69) is 21.4 Å². The highest BCUT2D eigenvalue weighted by molar-refractivity contribution is 5.95. The van der Waals surface area contributed by atoms with Crippen LogP contribution in [0.2, 0.25) is 0 Å². The van der Waals surface area contributed by atoms with Gasteiger partial charge in [-0.25, -0.2) is 9.50 Å². The van der Waals surface area contributed by atoms with Crippen molar-refractivity contribution in [3.05, 3.63) is 71.3 Å². The molecule has 0 saturated carbocycles. The van der Waals surface area contributed by atoms with Gasteiger partial charge >= 0.3 is 0 Å². The fourth-order valence-electron chi connectivity index (χ4n) is 4.33. The number of pyridine rings is 1. The van der Waals surface area contributed by atoms with E-state index >= 15 is 0 Å². The van der Waals surface area contributed by atoms with Gasteiger partial charge in [-0.2, -0.15) is 10.4 Å². The maximum absolute atomic E-state index is 13.0. The predicted octanol–water partition coefficient (Wildman–Crippen LogP) is 2.83. The molecule has 176 valence electrons. The van der Waals surface area contributed by atoms with Crippen LogP contribution in [0.15, 0.2) is 48.7 Å². The number of fused-ring (bicyclic) bond motifs is 1. The van der Waals surface area contributed by atoms with Crippen molar-refractivity contribution >= 4 is 11.6 Å². The van der Waals surface area contributed by atoms with Crippen LogP contribution in [0.3, 0.4) is 0 Å². The molecule has 1 aliphatic heterocycles. The van der Waals surface area contributed by atoms with Gasteiger partial charge in [0.1, 0.15) is 17.0 Å². The fraction of sp³-hybridized carbons (Fsp3) is 0.269. The molecule has 2 N–H and O–H groups in total. The van der Waals surface area contributed by atoms with Crippen molar-refractivity contribution in [1.82, 2.24) is 24.9 Å². The second-order valence-electron chi connectivity index (χ2n) is 9.03. The second kappa shape index (κ2) is 8.58. The molecule has 5 rings (SSSR count). The summed E-state index contributed by atoms with van der Waals surface area (Å²) in [5.41, 5.74) is 4.75. The first-order valence-electron chi connectivity index (χ1n) is 11.2. The van der Waals surface area contributed by atoms with E-state index in [1.54, 1.807) is 35.8 Å². The number of rotatable bonds is 4. The van der Waals surface area contributed by atoms with E-state index in [1.165, 1.54) is 0 Å². The van der Waals surface area contributed by atoms with Gasteiger partial charge in [-0.3, -0.25) is 9.78 Å². The predicted molar refractivity (Wildman–Crippen MR) is 129 cm³/mol. The van der Waals surface area contributed by atoms with Crippen LogP contribution in [-0.4, -0.2) is 55.5 Å². The summed E-state index contributed by atoms with van der Waals surface area (Å²) in [6.07, 6.45) is 1.68. The Kier molecular flexibility index (Phi) is 5.55. The van der Waals surface area contributed by atoms with Crippen molar-refractivity contribution < 1.29 is 14.6 Å². The normalized spacial score (nSPS) is 19.6. The molecular formula is C26H24N6O3. The third-order valence-electron chi connectivity index (χ3n) is 6.09. The van der Waals surface area contributed by atoms with Crippen LogP contribution in [0.25, 0.3) is 28.0 Å². The van der Waals surface area contributed by atoms with Crippen LogP contribution in [-0.2, 0) is 4.74 Å². The number of ether oxygens (including phenoxy) is 1. The van der Waals surface area contributed by atoms with Gasteiger partial charge in [-0.1, -0.05) is 12.1 Å². The summed E-state index contributed by atoms with van der Waals surface area (Å²) < 4.78 is 6.95. The quantitative estimate of drug-likeness (QED) is 0.472. The molecule has 0 spiro atoms. The molecule has 4 aromatic rings. The van der Waals surface area contributed by atoms with Gasteiger partial charge < -0.3 is 15.2 Å². The lowest BCUT2D eigenvalue weighted by Crippen LogP contribution is -2.50. The Labute approximate surface area is 202 Å². The average Bonchev–Trinajstić information content (AvgIpc) is 3.37. The van der Waals surface area contributed by atoms with Gasteiger partial charge in [-0.15, -0.1) is 0 Å². The summed E-state index contributed by atoms with van der Waals surface area (Å²) in [7, 11) is 0. The minimum absolute atomic E-state index is 0.156. The molecule has 4 heterocycles. The van der Waals surface area contributed by atoms with Gasteiger partial charge in [0.05, 0.1) is 36.5 Å². The Bertz CT molecular complexity index is 1480. The van der Waals surface area contributed by atoms with Gasteiger partial charge in [0.15, 0.2) is 5.65 Å². The van der Waals surface area contributed by atoms with Gasteiger partial charge in [0, 0.05) is 23.1 Å². The number of hydrogen-bond donors (Lipinski definition) is 2. The largest absolute Gasteiger partial charge is 0.386 e. The highest BCUT2D eigenvalue weighted by Crippen LogP contribution is 2.35. The number of aliphatic hydroxyl groups is 1. The second-order valence-corrected chi connectivity index (χ2v) is 9.03. The number of benzene rings is 1. The summed E-state index contributed by atoms with van der Waals surface area (Å²) in [5.74, 6) is -0.412. The lowest BCUT2D eigenvalue weighted by molar-refractivity contribution is 0.0287. The number of amides is 1. The molecule has 0 bridgehead atoms. The standard InChI is InChI=1S/C26H24N6O3/c1-15-9-19(10-16(2)28-15)22-23(18-6-4-5-17(11-18)12-27)31-32-8-7-20(29-24(22)32)25(33)30-21-13-35-14-26(21,3)34/h4-11,21,34H,13-14H2,1-3H3,(H,30,33)/t21-,26-/m1/s1. The summed E-state index contributed by atoms with van der Waals surface area (Å²) >= 11 is 0. The molecule has 1 saturated heterocycles. The Hall–Kier alpha value is -4.13. The number of nitriles is 1. The lowest BCUT2D eigenvalue weighted by atomic mass is 9.99. The molecule has 2 atom stereocenters. The first-order valence-corrected chi connectivity index (χ1v) is 11.2. The van der Waals surface area contributed by atoms with Crippen molar-refractivity contribution in [2.24, 2.45) is 0 Å². The molecule has 1 aliphatic rings. The molecule has 9 heteroatoms. The molecule has 35 heavy (non-hydrogen) atoms. The van der Waals surface area contributed by atoms with E-state index in [0.29, 0.717) is 16.9 Å². The van der Waals surface area contributed by atoms with Crippen LogP contribution >= 0.6 is 0 Å². The number of aromatic nitrogens is 4. The van der Waals surface area contributed by atoms with Crippen molar-refractivity contribution in [2.75, 3.05) is 13.2 Å². The van der Waals surface area contributed by atoms with Crippen molar-refractivity contribution in [1.29, 1.82) is 5.26 Å². The van der Waals surface area contributed by atoms with E-state index in [0.717, 1.165) is 28.1 Å². The number of carbonyl (C=O) groups is 1. The highest BCUT2D eigenvalue weighted by Gasteiger charge is 2.39. The molecule has 0 unspecified atom stereocenters. The molecular weight excluding hydrogens is 444 g/mol. The maximum Gasteiger partial charge on any atom is 0.270 e. The number of nitrogens with one attached hydrogen (secondary N) is 1. The van der Waals surface area contributed by atoms with E-state index < -0.39 is 17.6 Å². The molecule has 1 aromatic carbocycles. The molecule has 3 aromatic heterocycles. The van der Waals surface area contributed by atoms with Gasteiger partial charge in [0.2, 0.25) is 0 Å². The molecule has 0 aliphatic carbocycles. The third kappa shape index (κ3) is 4.25. The Morgan fingerprint density at radius 2 is 1.97 bits per heavy atom. The summed E-state index contributed by atoms with van der Waals surface area (Å²) in [4.78, 5) is 22.2. The number of hydrogen-bond acceptors (Lipinski definition) is 7. The Morgan fingerprint density at radius 3 is 2.66 bits per heavy atom. The Morgan fingerprint density at radius 1 is 1.20 bits per heavy atom. The van der Waals surface area contributed by atoms with E-state index in [4.69, 9.17) is 9.84 Å². The van der Waals surface area contributed by atoms with Crippen LogP contribution < -0.4 is 5.32 Å². The van der Waals surface area contributed by atoms with Crippen LogP contribution in [0, 0.1) is 25.2 Å². The third-order valence-corrected chi connectivity index (χ3v) is 6.09. The molecule has 9 nitrogen and oxygen atoms in total. The van der Waals surface area contributed by atoms with E-state index in [9.17, 15) is 15.2 Å². The maximum atomic E-state index is 13.0. The monoisotopic (exact) mass is 468 g/mol. The topological polar surface area (TPSA) is 125 Å². The molecule has 1 amide bonds. The van der Waals surface area contributed by atoms with E-state index in [-0.39, 0.29) is 18.9 Å². The zero-order valence-electron chi connectivity index (χ0n) is 19.6. The summed E-state index contributed by atoms with van der Waals surface area (Å²) in [6, 6.07) is 14.3. The van der Waals surface area contributed by atoms with Crippen LogP contribution in [0.1, 0.15) is 34.4 Å². The van der Waals surface area contributed by atoms with Gasteiger partial charge in [0.25, 0.3) is 5.91 Å². The van der Waals surface area contributed by atoms with Crippen LogP contribution in [0.4, 0.5) is 0 Å². The zero-order chi connectivity index (χ0) is 24.7. The van der Waals surface area contributed by atoms with Crippen molar-refractivity contribution in [2.45, 2.75) is 32.4 Å².